The van der Waals surface area contributed by atoms with Crippen molar-refractivity contribution in [1.82, 2.24) is 9.97 Å². The summed E-state index contributed by atoms with van der Waals surface area (Å²) in [5.41, 5.74) is 2.43. The molecule has 0 atom stereocenters. The Labute approximate surface area is 138 Å². The maximum absolute atomic E-state index is 8.77. The van der Waals surface area contributed by atoms with Gasteiger partial charge in [-0.05, 0) is 48.0 Å². The van der Waals surface area contributed by atoms with Crippen LogP contribution in [0.25, 0.3) is 10.9 Å². The molecule has 3 aromatic rings. The molecule has 2 aromatic carbocycles. The lowest BCUT2D eigenvalue weighted by atomic mass is 10.2. The molecule has 23 heavy (non-hydrogen) atoms. The number of benzene rings is 2. The molecule has 2 N–H and O–H groups in total. The Balaban J connectivity index is 1.61. The van der Waals surface area contributed by atoms with Crippen molar-refractivity contribution in [3.8, 4) is 6.07 Å². The van der Waals surface area contributed by atoms with Gasteiger partial charge in [-0.1, -0.05) is 12.1 Å². The Morgan fingerprint density at radius 1 is 0.957 bits per heavy atom. The summed E-state index contributed by atoms with van der Waals surface area (Å²) in [6.07, 6.45) is 0. The van der Waals surface area contributed by atoms with Crippen LogP contribution in [0.2, 0.25) is 5.28 Å². The number of nitrogens with zero attached hydrogens (tertiary/aromatic N) is 3. The van der Waals surface area contributed by atoms with Crippen molar-refractivity contribution >= 4 is 34.0 Å². The zero-order valence-electron chi connectivity index (χ0n) is 12.3. The predicted molar refractivity (Wildman–Crippen MR) is 92.7 cm³/mol. The minimum absolute atomic E-state index is 0.228. The Kier molecular flexibility index (Phi) is 4.55. The molecule has 0 fully saturated rings. The lowest BCUT2D eigenvalue weighted by Crippen LogP contribution is -2.14. The van der Waals surface area contributed by atoms with E-state index in [1.807, 2.05) is 36.4 Å². The summed E-state index contributed by atoms with van der Waals surface area (Å²) in [6.45, 7) is 1.39. The quantitative estimate of drug-likeness (QED) is 0.553. The van der Waals surface area contributed by atoms with Crippen molar-refractivity contribution < 1.29 is 0 Å². The highest BCUT2D eigenvalue weighted by Gasteiger charge is 2.05. The first-order valence-electron chi connectivity index (χ1n) is 7.16. The van der Waals surface area contributed by atoms with E-state index in [4.69, 9.17) is 16.9 Å². The van der Waals surface area contributed by atoms with Gasteiger partial charge in [0.25, 0.3) is 0 Å². The molecule has 0 bridgehead atoms. The molecule has 0 aliphatic carbocycles. The smallest absolute Gasteiger partial charge is 0.224 e. The van der Waals surface area contributed by atoms with Crippen LogP contribution >= 0.6 is 11.6 Å². The van der Waals surface area contributed by atoms with Crippen LogP contribution in [0.3, 0.4) is 0 Å². The predicted octanol–water partition coefficient (Wildman–Crippen LogP) is 3.68. The van der Waals surface area contributed by atoms with Crippen LogP contribution in [0.5, 0.6) is 0 Å². The van der Waals surface area contributed by atoms with Gasteiger partial charge in [-0.15, -0.1) is 0 Å². The number of nitrogens with one attached hydrogen (secondary N) is 2. The van der Waals surface area contributed by atoms with Gasteiger partial charge >= 0.3 is 0 Å². The van der Waals surface area contributed by atoms with Crippen molar-refractivity contribution in [2.24, 2.45) is 0 Å². The molecule has 0 saturated heterocycles. The molecular formula is C17H14ClN5. The highest BCUT2D eigenvalue weighted by molar-refractivity contribution is 6.28. The van der Waals surface area contributed by atoms with Gasteiger partial charge in [-0.3, -0.25) is 0 Å². The van der Waals surface area contributed by atoms with E-state index < -0.39 is 0 Å². The zero-order valence-corrected chi connectivity index (χ0v) is 13.0. The zero-order chi connectivity index (χ0) is 16.1. The average Bonchev–Trinajstić information content (AvgIpc) is 2.59. The molecule has 114 valence electrons. The topological polar surface area (TPSA) is 73.6 Å². The highest BCUT2D eigenvalue weighted by Crippen LogP contribution is 2.21. The summed E-state index contributed by atoms with van der Waals surface area (Å²) in [4.78, 5) is 8.45. The maximum Gasteiger partial charge on any atom is 0.224 e. The summed E-state index contributed by atoms with van der Waals surface area (Å²) in [5, 5.41) is 16.5. The largest absolute Gasteiger partial charge is 0.383 e. The molecule has 0 unspecified atom stereocenters. The van der Waals surface area contributed by atoms with Crippen LogP contribution in [0.15, 0.2) is 48.5 Å². The Hall–Kier alpha value is -2.84. The number of hydrogen-bond acceptors (Lipinski definition) is 5. The van der Waals surface area contributed by atoms with E-state index in [-0.39, 0.29) is 5.28 Å². The second-order valence-corrected chi connectivity index (χ2v) is 5.24. The van der Waals surface area contributed by atoms with Crippen molar-refractivity contribution in [1.29, 1.82) is 5.26 Å². The number of halogens is 1. The first-order chi connectivity index (χ1) is 11.3. The van der Waals surface area contributed by atoms with Crippen molar-refractivity contribution in [2.45, 2.75) is 0 Å². The Bertz CT molecular complexity index is 855. The van der Waals surface area contributed by atoms with Crippen LogP contribution in [-0.2, 0) is 0 Å². The van der Waals surface area contributed by atoms with E-state index in [1.54, 1.807) is 12.1 Å². The number of nitriles is 1. The molecule has 0 amide bonds. The molecule has 5 nitrogen and oxygen atoms in total. The molecule has 0 radical (unpaired) electrons. The van der Waals surface area contributed by atoms with E-state index in [0.29, 0.717) is 18.7 Å². The number of para-hydroxylation sites is 1. The second-order valence-electron chi connectivity index (χ2n) is 4.90. The fourth-order valence-corrected chi connectivity index (χ4v) is 2.41. The third-order valence-corrected chi connectivity index (χ3v) is 3.51. The van der Waals surface area contributed by atoms with E-state index in [2.05, 4.69) is 26.7 Å². The lowest BCUT2D eigenvalue weighted by Gasteiger charge is -2.10. The summed E-state index contributed by atoms with van der Waals surface area (Å²) < 4.78 is 0. The molecule has 3 rings (SSSR count). The van der Waals surface area contributed by atoms with Gasteiger partial charge in [0.05, 0.1) is 17.1 Å². The molecule has 0 saturated carbocycles. The summed E-state index contributed by atoms with van der Waals surface area (Å²) in [5.74, 6) is 0.724. The molecule has 0 aliphatic rings. The molecule has 1 heterocycles. The number of fused-ring (bicyclic) bond motifs is 1. The van der Waals surface area contributed by atoms with Gasteiger partial charge in [0.1, 0.15) is 5.82 Å². The van der Waals surface area contributed by atoms with Gasteiger partial charge in [0.15, 0.2) is 0 Å². The van der Waals surface area contributed by atoms with Crippen molar-refractivity contribution in [3.05, 3.63) is 59.4 Å². The molecule has 1 aromatic heterocycles. The third kappa shape index (κ3) is 3.68. The van der Waals surface area contributed by atoms with E-state index in [9.17, 15) is 0 Å². The molecule has 0 aliphatic heterocycles. The number of aromatic nitrogens is 2. The first kappa shape index (κ1) is 15.1. The van der Waals surface area contributed by atoms with Gasteiger partial charge in [-0.25, -0.2) is 9.97 Å². The fraction of sp³-hybridized carbons (Fsp3) is 0.118. The maximum atomic E-state index is 8.77. The molecule has 0 spiro atoms. The average molecular weight is 324 g/mol. The summed E-state index contributed by atoms with van der Waals surface area (Å²) in [7, 11) is 0. The minimum Gasteiger partial charge on any atom is -0.383 e. The normalized spacial score (nSPS) is 10.3. The standard InChI is InChI=1S/C17H14ClN5/c18-17-22-15-4-2-1-3-14(15)16(23-17)21-10-9-20-13-7-5-12(11-19)6-8-13/h1-8,20H,9-10H2,(H,21,22,23). The number of hydrogen-bond donors (Lipinski definition) is 2. The highest BCUT2D eigenvalue weighted by atomic mass is 35.5. The van der Waals surface area contributed by atoms with E-state index in [1.165, 1.54) is 0 Å². The monoisotopic (exact) mass is 323 g/mol. The summed E-state index contributed by atoms with van der Waals surface area (Å²) >= 11 is 5.96. The lowest BCUT2D eigenvalue weighted by molar-refractivity contribution is 1.06. The molecule has 6 heteroatoms. The molecular weight excluding hydrogens is 310 g/mol. The van der Waals surface area contributed by atoms with Crippen LogP contribution in [0, 0.1) is 11.3 Å². The fourth-order valence-electron chi connectivity index (χ4n) is 2.23. The van der Waals surface area contributed by atoms with Crippen LogP contribution in [0.1, 0.15) is 5.56 Å². The van der Waals surface area contributed by atoms with E-state index >= 15 is 0 Å². The minimum atomic E-state index is 0.228. The van der Waals surface area contributed by atoms with Crippen LogP contribution in [0.4, 0.5) is 11.5 Å². The SMILES string of the molecule is N#Cc1ccc(NCCNc2nc(Cl)nc3ccccc23)cc1. The van der Waals surface area contributed by atoms with Crippen LogP contribution < -0.4 is 10.6 Å². The van der Waals surface area contributed by atoms with Crippen LogP contribution in [-0.4, -0.2) is 23.1 Å². The Morgan fingerprint density at radius 2 is 1.70 bits per heavy atom. The van der Waals surface area contributed by atoms with E-state index in [0.717, 1.165) is 22.4 Å². The Morgan fingerprint density at radius 3 is 2.48 bits per heavy atom. The summed E-state index contributed by atoms with van der Waals surface area (Å²) in [6, 6.07) is 17.2. The number of rotatable bonds is 5. The number of anilines is 2. The van der Waals surface area contributed by atoms with Gasteiger partial charge in [0.2, 0.25) is 5.28 Å². The second kappa shape index (κ2) is 6.95. The van der Waals surface area contributed by atoms with Crippen molar-refractivity contribution in [3.63, 3.8) is 0 Å². The first-order valence-corrected chi connectivity index (χ1v) is 7.54. The van der Waals surface area contributed by atoms with Gasteiger partial charge in [0, 0.05) is 24.2 Å². The van der Waals surface area contributed by atoms with Gasteiger partial charge < -0.3 is 10.6 Å². The third-order valence-electron chi connectivity index (χ3n) is 3.34. The van der Waals surface area contributed by atoms with Gasteiger partial charge in [-0.2, -0.15) is 5.26 Å². The van der Waals surface area contributed by atoms with Crippen molar-refractivity contribution in [2.75, 3.05) is 23.7 Å².